The van der Waals surface area contributed by atoms with Crippen molar-refractivity contribution in [3.05, 3.63) is 22.7 Å². The molecule has 3 N–H and O–H groups in total. The van der Waals surface area contributed by atoms with E-state index in [0.717, 1.165) is 10.2 Å². The number of methoxy groups -OCH3 is 2. The number of anilines is 3. The predicted molar refractivity (Wildman–Crippen MR) is 74.8 cm³/mol. The zero-order valence-electron chi connectivity index (χ0n) is 10.3. The Balaban J connectivity index is 2.30. The highest BCUT2D eigenvalue weighted by Crippen LogP contribution is 2.26. The number of ether oxygens (including phenoxy) is 2. The van der Waals surface area contributed by atoms with Crippen molar-refractivity contribution in [3.63, 3.8) is 0 Å². The number of nitrogens with one attached hydrogen (secondary N) is 1. The van der Waals surface area contributed by atoms with E-state index >= 15 is 0 Å². The summed E-state index contributed by atoms with van der Waals surface area (Å²) in [6, 6.07) is 5.65. The number of hydrogen-bond acceptors (Lipinski definition) is 7. The minimum absolute atomic E-state index is 0.0799. The molecule has 0 spiro atoms. The van der Waals surface area contributed by atoms with Crippen molar-refractivity contribution in [2.45, 2.75) is 0 Å². The van der Waals surface area contributed by atoms with E-state index in [0.29, 0.717) is 11.7 Å². The number of benzene rings is 1. The number of nitrogen functional groups attached to an aromatic ring is 1. The second kappa shape index (κ2) is 5.70. The summed E-state index contributed by atoms with van der Waals surface area (Å²) < 4.78 is 11.0. The van der Waals surface area contributed by atoms with Crippen LogP contribution in [0.5, 0.6) is 11.8 Å². The Morgan fingerprint density at radius 3 is 2.58 bits per heavy atom. The van der Waals surface area contributed by atoms with E-state index in [-0.39, 0.29) is 12.0 Å². The zero-order valence-corrected chi connectivity index (χ0v) is 11.9. The lowest BCUT2D eigenvalue weighted by Gasteiger charge is -2.08. The van der Waals surface area contributed by atoms with Gasteiger partial charge in [0.1, 0.15) is 5.75 Å². The molecule has 7 nitrogen and oxygen atoms in total. The van der Waals surface area contributed by atoms with E-state index in [9.17, 15) is 0 Å². The molecular formula is C11H12BrN5O2. The van der Waals surface area contributed by atoms with Gasteiger partial charge in [0.15, 0.2) is 0 Å². The molecule has 2 rings (SSSR count). The molecule has 0 radical (unpaired) electrons. The minimum Gasteiger partial charge on any atom is -0.497 e. The Kier molecular flexibility index (Phi) is 4.00. The highest BCUT2D eigenvalue weighted by Gasteiger charge is 2.06. The van der Waals surface area contributed by atoms with Gasteiger partial charge in [-0.2, -0.15) is 15.0 Å². The van der Waals surface area contributed by atoms with Crippen LogP contribution in [0.3, 0.4) is 0 Å². The second-order valence-electron chi connectivity index (χ2n) is 3.51. The van der Waals surface area contributed by atoms with Gasteiger partial charge in [0.05, 0.1) is 14.2 Å². The Morgan fingerprint density at radius 1 is 1.11 bits per heavy atom. The number of nitrogens with zero attached hydrogens (tertiary/aromatic N) is 3. The molecular weight excluding hydrogens is 314 g/mol. The summed E-state index contributed by atoms with van der Waals surface area (Å²) in [6.07, 6.45) is 0. The van der Waals surface area contributed by atoms with Crippen LogP contribution in [0.4, 0.5) is 17.6 Å². The van der Waals surface area contributed by atoms with E-state index in [2.05, 4.69) is 36.2 Å². The maximum absolute atomic E-state index is 5.56. The lowest BCUT2D eigenvalue weighted by Crippen LogP contribution is -2.05. The fraction of sp³-hybridized carbons (Fsp3) is 0.182. The van der Waals surface area contributed by atoms with Crippen LogP contribution in [0.15, 0.2) is 22.7 Å². The molecule has 0 unspecified atom stereocenters. The van der Waals surface area contributed by atoms with Crippen LogP contribution >= 0.6 is 15.9 Å². The summed E-state index contributed by atoms with van der Waals surface area (Å²) in [5.74, 6) is 1.08. The SMILES string of the molecule is COc1cc(Br)cc(Nc2nc(N)nc(OC)n2)c1. The molecule has 100 valence electrons. The maximum Gasteiger partial charge on any atom is 0.322 e. The third-order valence-electron chi connectivity index (χ3n) is 2.18. The first-order valence-electron chi connectivity index (χ1n) is 5.28. The third kappa shape index (κ3) is 3.44. The van der Waals surface area contributed by atoms with E-state index in [1.165, 1.54) is 7.11 Å². The van der Waals surface area contributed by atoms with Crippen molar-refractivity contribution in [2.75, 3.05) is 25.3 Å². The highest BCUT2D eigenvalue weighted by molar-refractivity contribution is 9.10. The van der Waals surface area contributed by atoms with E-state index in [1.807, 2.05) is 12.1 Å². The standard InChI is InChI=1S/C11H12BrN5O2/c1-18-8-4-6(12)3-7(5-8)14-10-15-9(13)16-11(17-10)19-2/h3-5H,1-2H3,(H3,13,14,15,16,17). The zero-order chi connectivity index (χ0) is 13.8. The molecule has 0 amide bonds. The number of hydrogen-bond donors (Lipinski definition) is 2. The second-order valence-corrected chi connectivity index (χ2v) is 4.42. The smallest absolute Gasteiger partial charge is 0.322 e. The molecule has 2 aromatic rings. The summed E-state index contributed by atoms with van der Waals surface area (Å²) in [5.41, 5.74) is 6.31. The normalized spacial score (nSPS) is 10.1. The lowest BCUT2D eigenvalue weighted by atomic mass is 10.3. The van der Waals surface area contributed by atoms with Crippen LogP contribution < -0.4 is 20.5 Å². The molecule has 0 aliphatic rings. The number of rotatable bonds is 4. The Labute approximate surface area is 118 Å². The lowest BCUT2D eigenvalue weighted by molar-refractivity contribution is 0.380. The molecule has 0 atom stereocenters. The van der Waals surface area contributed by atoms with Crippen LogP contribution in [0.1, 0.15) is 0 Å². The molecule has 0 aliphatic carbocycles. The molecule has 1 aromatic carbocycles. The van der Waals surface area contributed by atoms with Gasteiger partial charge in [-0.1, -0.05) is 15.9 Å². The Hall–Kier alpha value is -2.09. The summed E-state index contributed by atoms with van der Waals surface area (Å²) >= 11 is 3.39. The first-order valence-corrected chi connectivity index (χ1v) is 6.07. The van der Waals surface area contributed by atoms with E-state index < -0.39 is 0 Å². The molecule has 8 heteroatoms. The highest BCUT2D eigenvalue weighted by atomic mass is 79.9. The van der Waals surface area contributed by atoms with Crippen LogP contribution in [0, 0.1) is 0 Å². The minimum atomic E-state index is 0.0799. The summed E-state index contributed by atoms with van der Waals surface area (Å²) in [6.45, 7) is 0. The van der Waals surface area contributed by atoms with E-state index in [4.69, 9.17) is 15.2 Å². The quantitative estimate of drug-likeness (QED) is 0.887. The maximum atomic E-state index is 5.56. The number of halogens is 1. The van der Waals surface area contributed by atoms with Gasteiger partial charge in [0.25, 0.3) is 0 Å². The van der Waals surface area contributed by atoms with Crippen molar-refractivity contribution >= 4 is 33.5 Å². The first-order chi connectivity index (χ1) is 9.10. The van der Waals surface area contributed by atoms with Crippen molar-refractivity contribution < 1.29 is 9.47 Å². The first kappa shape index (κ1) is 13.3. The van der Waals surface area contributed by atoms with Gasteiger partial charge in [-0.3, -0.25) is 0 Å². The average molecular weight is 326 g/mol. The van der Waals surface area contributed by atoms with Gasteiger partial charge < -0.3 is 20.5 Å². The Bertz CT molecular complexity index is 542. The number of nitrogens with two attached hydrogens (primary N) is 1. The summed E-state index contributed by atoms with van der Waals surface area (Å²) in [4.78, 5) is 11.8. The van der Waals surface area contributed by atoms with Crippen molar-refractivity contribution in [3.8, 4) is 11.8 Å². The van der Waals surface area contributed by atoms with Crippen LogP contribution in [0.2, 0.25) is 0 Å². The van der Waals surface area contributed by atoms with Crippen molar-refractivity contribution in [1.82, 2.24) is 15.0 Å². The van der Waals surface area contributed by atoms with E-state index in [1.54, 1.807) is 13.2 Å². The third-order valence-corrected chi connectivity index (χ3v) is 2.64. The van der Waals surface area contributed by atoms with Crippen LogP contribution in [-0.2, 0) is 0 Å². The van der Waals surface area contributed by atoms with Crippen molar-refractivity contribution in [2.24, 2.45) is 0 Å². The molecule has 0 aliphatic heterocycles. The van der Waals surface area contributed by atoms with Crippen LogP contribution in [0.25, 0.3) is 0 Å². The molecule has 1 heterocycles. The summed E-state index contributed by atoms with van der Waals surface area (Å²) in [7, 11) is 3.05. The van der Waals surface area contributed by atoms with Crippen molar-refractivity contribution in [1.29, 1.82) is 0 Å². The molecule has 0 saturated heterocycles. The largest absolute Gasteiger partial charge is 0.497 e. The molecule has 19 heavy (non-hydrogen) atoms. The molecule has 0 saturated carbocycles. The fourth-order valence-corrected chi connectivity index (χ4v) is 1.87. The summed E-state index contributed by atoms with van der Waals surface area (Å²) in [5, 5.41) is 3.00. The number of aromatic nitrogens is 3. The monoisotopic (exact) mass is 325 g/mol. The fourth-order valence-electron chi connectivity index (χ4n) is 1.40. The molecule has 0 fully saturated rings. The van der Waals surface area contributed by atoms with Crippen LogP contribution in [-0.4, -0.2) is 29.2 Å². The average Bonchev–Trinajstić information content (AvgIpc) is 2.37. The topological polar surface area (TPSA) is 95.2 Å². The molecule has 1 aromatic heterocycles. The van der Waals surface area contributed by atoms with Gasteiger partial charge in [0.2, 0.25) is 11.9 Å². The predicted octanol–water partition coefficient (Wildman–Crippen LogP) is 1.98. The van der Waals surface area contributed by atoms with Gasteiger partial charge >= 0.3 is 6.01 Å². The van der Waals surface area contributed by atoms with Gasteiger partial charge in [-0.25, -0.2) is 0 Å². The van der Waals surface area contributed by atoms with Gasteiger partial charge in [0, 0.05) is 16.2 Å². The van der Waals surface area contributed by atoms with Gasteiger partial charge in [-0.15, -0.1) is 0 Å². The van der Waals surface area contributed by atoms with Gasteiger partial charge in [-0.05, 0) is 12.1 Å². The molecule has 0 bridgehead atoms. The Morgan fingerprint density at radius 2 is 1.89 bits per heavy atom.